The lowest BCUT2D eigenvalue weighted by Crippen LogP contribution is -2.13. The van der Waals surface area contributed by atoms with Crippen LogP contribution < -0.4 is 10.3 Å². The molecule has 1 aliphatic rings. The van der Waals surface area contributed by atoms with Crippen molar-refractivity contribution >= 4 is 34.3 Å². The van der Waals surface area contributed by atoms with Crippen LogP contribution in [0.15, 0.2) is 58.5 Å². The molecule has 1 N–H and O–H groups in total. The molecule has 1 saturated carbocycles. The second-order valence-electron chi connectivity index (χ2n) is 7.45. The lowest BCUT2D eigenvalue weighted by Gasteiger charge is -2.13. The summed E-state index contributed by atoms with van der Waals surface area (Å²) in [6.07, 6.45) is 2.17. The maximum atomic E-state index is 12.4. The number of ether oxygens (including phenoxy) is 1. The molecule has 1 aliphatic carbocycles. The van der Waals surface area contributed by atoms with Gasteiger partial charge in [0.15, 0.2) is 11.0 Å². The molecule has 0 aliphatic heterocycles. The van der Waals surface area contributed by atoms with Crippen molar-refractivity contribution in [1.29, 1.82) is 0 Å². The van der Waals surface area contributed by atoms with Gasteiger partial charge in [0.05, 0.1) is 21.2 Å². The number of para-hydroxylation sites is 2. The Labute approximate surface area is 187 Å². The molecule has 31 heavy (non-hydrogen) atoms. The van der Waals surface area contributed by atoms with Gasteiger partial charge in [0, 0.05) is 6.04 Å². The number of fused-ring (bicyclic) bond motifs is 1. The maximum Gasteiger partial charge on any atom is 0.258 e. The van der Waals surface area contributed by atoms with Crippen molar-refractivity contribution in [1.82, 2.24) is 24.7 Å². The minimum atomic E-state index is -0.134. The Hall–Kier alpha value is -2.84. The third-order valence-electron chi connectivity index (χ3n) is 5.14. The topological polar surface area (TPSA) is 85.7 Å². The van der Waals surface area contributed by atoms with Gasteiger partial charge < -0.3 is 9.72 Å². The largest absolute Gasteiger partial charge is 0.484 e. The van der Waals surface area contributed by atoms with E-state index in [1.54, 1.807) is 12.1 Å². The molecule has 2 aromatic heterocycles. The minimum Gasteiger partial charge on any atom is -0.484 e. The average Bonchev–Trinajstić information content (AvgIpc) is 3.54. The normalized spacial score (nSPS) is 14.6. The van der Waals surface area contributed by atoms with E-state index in [-0.39, 0.29) is 17.4 Å². The van der Waals surface area contributed by atoms with Gasteiger partial charge in [0.1, 0.15) is 18.2 Å². The summed E-state index contributed by atoms with van der Waals surface area (Å²) in [5, 5.41) is 10.6. The third kappa shape index (κ3) is 4.18. The molecule has 1 fully saturated rings. The summed E-state index contributed by atoms with van der Waals surface area (Å²) < 4.78 is 8.02. The van der Waals surface area contributed by atoms with Gasteiger partial charge in [-0.15, -0.1) is 10.2 Å². The van der Waals surface area contributed by atoms with Crippen LogP contribution in [-0.2, 0) is 6.61 Å². The molecule has 2 heterocycles. The zero-order valence-electron chi connectivity index (χ0n) is 16.8. The third-order valence-corrected chi connectivity index (χ3v) is 6.52. The Morgan fingerprint density at radius 2 is 1.97 bits per heavy atom. The Bertz CT molecular complexity index is 1300. The first kappa shape index (κ1) is 20.1. The lowest BCUT2D eigenvalue weighted by molar-refractivity contribution is 0.288. The highest BCUT2D eigenvalue weighted by molar-refractivity contribution is 7.99. The number of halogens is 1. The molecule has 0 amide bonds. The number of aromatic amines is 1. The Kier molecular flexibility index (Phi) is 5.41. The predicted molar refractivity (Wildman–Crippen MR) is 121 cm³/mol. The zero-order valence-corrected chi connectivity index (χ0v) is 18.4. The quantitative estimate of drug-likeness (QED) is 0.399. The van der Waals surface area contributed by atoms with Crippen LogP contribution in [0.25, 0.3) is 10.9 Å². The fourth-order valence-corrected chi connectivity index (χ4v) is 4.59. The van der Waals surface area contributed by atoms with Gasteiger partial charge in [-0.05, 0) is 44.0 Å². The number of rotatable bonds is 7. The van der Waals surface area contributed by atoms with Crippen molar-refractivity contribution in [3.63, 3.8) is 0 Å². The molecule has 0 bridgehead atoms. The van der Waals surface area contributed by atoms with E-state index in [2.05, 4.69) is 24.7 Å². The molecule has 1 atom stereocenters. The number of nitrogens with one attached hydrogen (secondary N) is 1. The smallest absolute Gasteiger partial charge is 0.258 e. The van der Waals surface area contributed by atoms with Crippen LogP contribution in [0, 0.1) is 0 Å². The summed E-state index contributed by atoms with van der Waals surface area (Å²) >= 11 is 7.72. The molecular formula is C22H20ClN5O2S. The molecule has 158 valence electrons. The van der Waals surface area contributed by atoms with Crippen LogP contribution in [0.2, 0.25) is 5.02 Å². The summed E-state index contributed by atoms with van der Waals surface area (Å²) in [7, 11) is 0. The molecular weight excluding hydrogens is 434 g/mol. The first-order chi connectivity index (χ1) is 15.1. The van der Waals surface area contributed by atoms with Crippen molar-refractivity contribution in [2.45, 2.75) is 42.8 Å². The second kappa shape index (κ2) is 8.36. The van der Waals surface area contributed by atoms with Gasteiger partial charge in [0.2, 0.25) is 0 Å². The number of hydrogen-bond acceptors (Lipinski definition) is 6. The summed E-state index contributed by atoms with van der Waals surface area (Å²) in [6, 6.07) is 15.1. The summed E-state index contributed by atoms with van der Waals surface area (Å²) in [4.78, 5) is 20.0. The SMILES string of the molecule is C[C@H](Sc1nnc(COc2ccccc2Cl)n1C1CC1)c1nc2ccccc2c(=O)[nH]1. The van der Waals surface area contributed by atoms with Crippen molar-refractivity contribution < 1.29 is 4.74 Å². The molecule has 4 aromatic rings. The van der Waals surface area contributed by atoms with Crippen LogP contribution in [0.3, 0.4) is 0 Å². The van der Waals surface area contributed by atoms with Crippen LogP contribution >= 0.6 is 23.4 Å². The molecule has 7 nitrogen and oxygen atoms in total. The molecule has 0 saturated heterocycles. The Morgan fingerprint density at radius 3 is 2.77 bits per heavy atom. The molecule has 0 radical (unpaired) electrons. The first-order valence-corrected chi connectivity index (χ1v) is 11.3. The molecule has 0 unspecified atom stereocenters. The van der Waals surface area contributed by atoms with Gasteiger partial charge in [-0.1, -0.05) is 47.6 Å². The minimum absolute atomic E-state index is 0.101. The van der Waals surface area contributed by atoms with E-state index in [0.717, 1.165) is 23.8 Å². The highest BCUT2D eigenvalue weighted by Crippen LogP contribution is 2.41. The van der Waals surface area contributed by atoms with Crippen LogP contribution in [0.1, 0.15) is 42.7 Å². The van der Waals surface area contributed by atoms with Gasteiger partial charge in [-0.2, -0.15) is 0 Å². The molecule has 0 spiro atoms. The predicted octanol–water partition coefficient (Wildman–Crippen LogP) is 4.94. The Morgan fingerprint density at radius 1 is 1.19 bits per heavy atom. The number of benzene rings is 2. The van der Waals surface area contributed by atoms with Crippen molar-refractivity contribution in [3.05, 3.63) is 75.6 Å². The number of thioether (sulfide) groups is 1. The first-order valence-electron chi connectivity index (χ1n) is 10.1. The van der Waals surface area contributed by atoms with Crippen molar-refractivity contribution in [3.8, 4) is 5.75 Å². The van der Waals surface area contributed by atoms with Crippen LogP contribution in [-0.4, -0.2) is 24.7 Å². The van der Waals surface area contributed by atoms with E-state index in [9.17, 15) is 4.79 Å². The van der Waals surface area contributed by atoms with E-state index >= 15 is 0 Å². The zero-order chi connectivity index (χ0) is 21.4. The van der Waals surface area contributed by atoms with Crippen LogP contribution in [0.5, 0.6) is 5.75 Å². The van der Waals surface area contributed by atoms with E-state index in [1.807, 2.05) is 43.3 Å². The van der Waals surface area contributed by atoms with Gasteiger partial charge in [0.25, 0.3) is 5.56 Å². The lowest BCUT2D eigenvalue weighted by atomic mass is 10.2. The number of nitrogens with zero attached hydrogens (tertiary/aromatic N) is 4. The van der Waals surface area contributed by atoms with Crippen molar-refractivity contribution in [2.24, 2.45) is 0 Å². The summed E-state index contributed by atoms with van der Waals surface area (Å²) in [6.45, 7) is 2.29. The fraction of sp³-hybridized carbons (Fsp3) is 0.273. The van der Waals surface area contributed by atoms with Gasteiger partial charge in [-0.3, -0.25) is 9.36 Å². The second-order valence-corrected chi connectivity index (χ2v) is 9.16. The average molecular weight is 454 g/mol. The molecule has 9 heteroatoms. The molecule has 5 rings (SSSR count). The van der Waals surface area contributed by atoms with E-state index < -0.39 is 0 Å². The van der Waals surface area contributed by atoms with Crippen LogP contribution in [0.4, 0.5) is 0 Å². The molecule has 2 aromatic carbocycles. The fourth-order valence-electron chi connectivity index (χ4n) is 3.40. The number of H-pyrrole nitrogens is 1. The van der Waals surface area contributed by atoms with Gasteiger partial charge >= 0.3 is 0 Å². The highest BCUT2D eigenvalue weighted by Gasteiger charge is 2.31. The highest BCUT2D eigenvalue weighted by atomic mass is 35.5. The monoisotopic (exact) mass is 453 g/mol. The van der Waals surface area contributed by atoms with Crippen molar-refractivity contribution in [2.75, 3.05) is 0 Å². The van der Waals surface area contributed by atoms with E-state index in [4.69, 9.17) is 16.3 Å². The van der Waals surface area contributed by atoms with E-state index in [0.29, 0.717) is 33.5 Å². The number of aromatic nitrogens is 5. The summed E-state index contributed by atoms with van der Waals surface area (Å²) in [5.41, 5.74) is 0.553. The van der Waals surface area contributed by atoms with Gasteiger partial charge in [-0.25, -0.2) is 4.98 Å². The summed E-state index contributed by atoms with van der Waals surface area (Å²) in [5.74, 6) is 2.00. The Balaban J connectivity index is 1.38. The maximum absolute atomic E-state index is 12.4. The standard InChI is InChI=1S/C22H20ClN5O2S/c1-13(20-24-17-8-4-2-6-15(17)21(29)25-20)31-22-27-26-19(28(22)14-10-11-14)12-30-18-9-5-3-7-16(18)23/h2-9,13-14H,10-12H2,1H3,(H,24,25,29)/t13-/m0/s1. The number of hydrogen-bond donors (Lipinski definition) is 1. The van der Waals surface area contributed by atoms with E-state index in [1.165, 1.54) is 11.8 Å².